The number of anilines is 1. The zero-order chi connectivity index (χ0) is 20.1. The minimum Gasteiger partial charge on any atom is -0.493 e. The number of allylic oxidation sites excluding steroid dienone is 2. The molecule has 1 aliphatic rings. The molecular formula is C19H19N3O6. The monoisotopic (exact) mass is 385 g/mol. The van der Waals surface area contributed by atoms with Gasteiger partial charge in [-0.15, -0.1) is 0 Å². The van der Waals surface area contributed by atoms with Crippen LogP contribution in [0.2, 0.25) is 0 Å². The van der Waals surface area contributed by atoms with Crippen molar-refractivity contribution in [3.8, 4) is 11.5 Å². The molecule has 1 N–H and O–H groups in total. The highest BCUT2D eigenvalue weighted by molar-refractivity contribution is 6.20. The number of nitrogens with zero attached hydrogens (tertiary/aromatic N) is 2. The Morgan fingerprint density at radius 1 is 0.929 bits per heavy atom. The summed E-state index contributed by atoms with van der Waals surface area (Å²) in [6.07, 6.45) is 3.66. The molecule has 1 aromatic carbocycles. The quantitative estimate of drug-likeness (QED) is 0.536. The van der Waals surface area contributed by atoms with Crippen molar-refractivity contribution in [2.24, 2.45) is 0 Å². The van der Waals surface area contributed by atoms with Gasteiger partial charge < -0.3 is 24.3 Å². The van der Waals surface area contributed by atoms with Gasteiger partial charge in [0.15, 0.2) is 17.3 Å². The third-order valence-corrected chi connectivity index (χ3v) is 3.98. The lowest BCUT2D eigenvalue weighted by atomic mass is 10.1. The van der Waals surface area contributed by atoms with E-state index < -0.39 is 11.6 Å². The summed E-state index contributed by atoms with van der Waals surface area (Å²) >= 11 is 0. The summed E-state index contributed by atoms with van der Waals surface area (Å²) in [5, 5.41) is 3.49. The Labute approximate surface area is 161 Å². The van der Waals surface area contributed by atoms with Crippen LogP contribution in [0.4, 0.5) is 5.82 Å². The third kappa shape index (κ3) is 3.94. The van der Waals surface area contributed by atoms with E-state index in [1.807, 2.05) is 0 Å². The van der Waals surface area contributed by atoms with E-state index in [4.69, 9.17) is 18.9 Å². The highest BCUT2D eigenvalue weighted by Crippen LogP contribution is 2.34. The van der Waals surface area contributed by atoms with Crippen LogP contribution in [-0.4, -0.2) is 56.1 Å². The van der Waals surface area contributed by atoms with E-state index in [2.05, 4.69) is 15.3 Å². The lowest BCUT2D eigenvalue weighted by Crippen LogP contribution is -2.19. The van der Waals surface area contributed by atoms with E-state index >= 15 is 0 Å². The Balaban J connectivity index is 1.94. The lowest BCUT2D eigenvalue weighted by molar-refractivity contribution is -0.117. The summed E-state index contributed by atoms with van der Waals surface area (Å²) in [5.74, 6) is 0.524. The molecule has 0 amide bonds. The van der Waals surface area contributed by atoms with E-state index in [9.17, 15) is 9.59 Å². The molecule has 1 heterocycles. The van der Waals surface area contributed by atoms with Crippen molar-refractivity contribution in [3.63, 3.8) is 0 Å². The highest BCUT2D eigenvalue weighted by Gasteiger charge is 2.22. The summed E-state index contributed by atoms with van der Waals surface area (Å²) in [7, 11) is 4.44. The number of hydrogen-bond donors (Lipinski definition) is 1. The summed E-state index contributed by atoms with van der Waals surface area (Å²) in [6.45, 7) is 0.783. The maximum atomic E-state index is 12.2. The molecule has 0 bridgehead atoms. The van der Waals surface area contributed by atoms with Crippen molar-refractivity contribution < 1.29 is 28.5 Å². The van der Waals surface area contributed by atoms with Crippen LogP contribution in [0.25, 0.3) is 10.9 Å². The number of carbonyl (C=O) groups excluding carboxylic acids is 2. The Hall–Kier alpha value is -3.46. The molecule has 0 saturated carbocycles. The second-order valence-electron chi connectivity index (χ2n) is 5.71. The number of carbonyl (C=O) groups is 2. The first-order valence-corrected chi connectivity index (χ1v) is 8.35. The molecule has 28 heavy (non-hydrogen) atoms. The van der Waals surface area contributed by atoms with Gasteiger partial charge in [-0.25, -0.2) is 9.97 Å². The number of benzene rings is 1. The SMILES string of the molecule is COCCOc1cc2ncnc(NC3=CC(=O)C(OC)=CC3=O)c2cc1OC. The van der Waals surface area contributed by atoms with Gasteiger partial charge in [0, 0.05) is 30.7 Å². The van der Waals surface area contributed by atoms with Crippen molar-refractivity contribution in [2.45, 2.75) is 0 Å². The minimum atomic E-state index is -0.408. The fourth-order valence-corrected chi connectivity index (χ4v) is 2.60. The molecule has 0 unspecified atom stereocenters. The Kier molecular flexibility index (Phi) is 5.85. The second-order valence-corrected chi connectivity index (χ2v) is 5.71. The molecular weight excluding hydrogens is 366 g/mol. The third-order valence-electron chi connectivity index (χ3n) is 3.98. The zero-order valence-corrected chi connectivity index (χ0v) is 15.6. The topological polar surface area (TPSA) is 109 Å². The molecule has 0 spiro atoms. The number of nitrogens with one attached hydrogen (secondary N) is 1. The van der Waals surface area contributed by atoms with Crippen LogP contribution in [0.15, 0.2) is 42.1 Å². The Morgan fingerprint density at radius 3 is 2.46 bits per heavy atom. The van der Waals surface area contributed by atoms with Crippen LogP contribution < -0.4 is 14.8 Å². The number of hydrogen-bond acceptors (Lipinski definition) is 9. The summed E-state index contributed by atoms with van der Waals surface area (Å²) in [5.41, 5.74) is 0.666. The maximum absolute atomic E-state index is 12.2. The maximum Gasteiger partial charge on any atom is 0.222 e. The molecule has 0 radical (unpaired) electrons. The van der Waals surface area contributed by atoms with Gasteiger partial charge in [-0.3, -0.25) is 9.59 Å². The van der Waals surface area contributed by atoms with Gasteiger partial charge in [-0.1, -0.05) is 0 Å². The Bertz CT molecular complexity index is 983. The van der Waals surface area contributed by atoms with E-state index in [0.717, 1.165) is 6.08 Å². The summed E-state index contributed by atoms with van der Waals surface area (Å²) < 4.78 is 20.9. The van der Waals surface area contributed by atoms with Crippen molar-refractivity contribution in [2.75, 3.05) is 39.9 Å². The Morgan fingerprint density at radius 2 is 1.75 bits per heavy atom. The number of methoxy groups -OCH3 is 3. The number of fused-ring (bicyclic) bond motifs is 1. The number of aromatic nitrogens is 2. The lowest BCUT2D eigenvalue weighted by Gasteiger charge is -2.15. The largest absolute Gasteiger partial charge is 0.493 e. The van der Waals surface area contributed by atoms with Crippen LogP contribution in [-0.2, 0) is 19.1 Å². The van der Waals surface area contributed by atoms with Gasteiger partial charge in [0.2, 0.25) is 11.6 Å². The van der Waals surface area contributed by atoms with E-state index in [1.165, 1.54) is 26.6 Å². The van der Waals surface area contributed by atoms with Gasteiger partial charge in [-0.2, -0.15) is 0 Å². The van der Waals surface area contributed by atoms with Gasteiger partial charge in [0.05, 0.1) is 32.0 Å². The van der Waals surface area contributed by atoms with Crippen molar-refractivity contribution in [3.05, 3.63) is 42.1 Å². The molecule has 9 nitrogen and oxygen atoms in total. The smallest absolute Gasteiger partial charge is 0.222 e. The van der Waals surface area contributed by atoms with Gasteiger partial charge >= 0.3 is 0 Å². The predicted octanol–water partition coefficient (Wildman–Crippen LogP) is 1.64. The first-order valence-electron chi connectivity index (χ1n) is 8.35. The molecule has 0 aliphatic heterocycles. The summed E-state index contributed by atoms with van der Waals surface area (Å²) in [4.78, 5) is 32.6. The van der Waals surface area contributed by atoms with E-state index in [0.29, 0.717) is 41.4 Å². The van der Waals surface area contributed by atoms with Crippen LogP contribution in [0.5, 0.6) is 11.5 Å². The molecule has 3 rings (SSSR count). The van der Waals surface area contributed by atoms with E-state index in [-0.39, 0.29) is 11.5 Å². The van der Waals surface area contributed by atoms with Crippen molar-refractivity contribution >= 4 is 28.3 Å². The fourth-order valence-electron chi connectivity index (χ4n) is 2.60. The highest BCUT2D eigenvalue weighted by atomic mass is 16.5. The average molecular weight is 385 g/mol. The van der Waals surface area contributed by atoms with Crippen LogP contribution >= 0.6 is 0 Å². The first-order chi connectivity index (χ1) is 13.6. The van der Waals surface area contributed by atoms with Crippen LogP contribution in [0, 0.1) is 0 Å². The molecule has 146 valence electrons. The van der Waals surface area contributed by atoms with Crippen LogP contribution in [0.1, 0.15) is 0 Å². The molecule has 0 atom stereocenters. The molecule has 2 aromatic rings. The first kappa shape index (κ1) is 19.3. The second kappa shape index (κ2) is 8.49. The predicted molar refractivity (Wildman–Crippen MR) is 100 cm³/mol. The van der Waals surface area contributed by atoms with Crippen LogP contribution in [0.3, 0.4) is 0 Å². The molecule has 0 fully saturated rings. The summed E-state index contributed by atoms with van der Waals surface area (Å²) in [6, 6.07) is 3.41. The average Bonchev–Trinajstić information content (AvgIpc) is 2.70. The number of ketones is 2. The van der Waals surface area contributed by atoms with E-state index in [1.54, 1.807) is 19.2 Å². The van der Waals surface area contributed by atoms with Gasteiger partial charge in [-0.05, 0) is 6.07 Å². The molecule has 0 saturated heterocycles. The zero-order valence-electron chi connectivity index (χ0n) is 15.6. The van der Waals surface area contributed by atoms with Crippen molar-refractivity contribution in [1.29, 1.82) is 0 Å². The number of rotatable bonds is 8. The standard InChI is InChI=1S/C19H19N3O6/c1-25-4-5-28-18-8-12-11(6-17(18)27-3)19(21-10-20-12)22-13-7-15(24)16(26-2)9-14(13)23/h6-10H,4-5H2,1-3H3,(H,20,21,22). The minimum absolute atomic E-state index is 0.0115. The normalized spacial score (nSPS) is 13.8. The molecule has 9 heteroatoms. The molecule has 1 aromatic heterocycles. The van der Waals surface area contributed by atoms with Crippen molar-refractivity contribution in [1.82, 2.24) is 9.97 Å². The molecule has 1 aliphatic carbocycles. The number of ether oxygens (including phenoxy) is 4. The van der Waals surface area contributed by atoms with Gasteiger partial charge in [0.25, 0.3) is 0 Å². The van der Waals surface area contributed by atoms with Gasteiger partial charge in [0.1, 0.15) is 18.8 Å². The fraction of sp³-hybridized carbons (Fsp3) is 0.263.